The first-order valence-electron chi connectivity index (χ1n) is 5.61. The van der Waals surface area contributed by atoms with Crippen LogP contribution in [-0.4, -0.2) is 22.5 Å². The first-order chi connectivity index (χ1) is 8.79. The van der Waals surface area contributed by atoms with Crippen LogP contribution in [-0.2, 0) is 4.74 Å². The fourth-order valence-corrected chi connectivity index (χ4v) is 1.41. The summed E-state index contributed by atoms with van der Waals surface area (Å²) in [5.74, 6) is 0. The maximum atomic E-state index is 11.1. The largest absolute Gasteiger partial charge is 0.448 e. The van der Waals surface area contributed by atoms with Gasteiger partial charge in [-0.15, -0.1) is 0 Å². The van der Waals surface area contributed by atoms with E-state index in [0.717, 1.165) is 5.69 Å². The Bertz CT molecular complexity index is 570. The molecule has 1 amide bonds. The Morgan fingerprint density at radius 2 is 2.11 bits per heavy atom. The summed E-state index contributed by atoms with van der Waals surface area (Å²) in [6, 6.07) is 11.4. The average Bonchev–Trinajstić information content (AvgIpc) is 2.41. The zero-order valence-electron chi connectivity index (χ0n) is 9.98. The SMILES string of the molecule is CCOC(=O)N=c1ccn(-c2ccccc2)nc1. The van der Waals surface area contributed by atoms with E-state index < -0.39 is 6.09 Å². The van der Waals surface area contributed by atoms with Gasteiger partial charge < -0.3 is 4.74 Å². The molecule has 18 heavy (non-hydrogen) atoms. The molecule has 0 aliphatic carbocycles. The molecule has 0 aliphatic heterocycles. The summed E-state index contributed by atoms with van der Waals surface area (Å²) in [5, 5.41) is 4.65. The molecule has 5 nitrogen and oxygen atoms in total. The summed E-state index contributed by atoms with van der Waals surface area (Å²) in [7, 11) is 0. The van der Waals surface area contributed by atoms with Crippen LogP contribution in [0.4, 0.5) is 4.79 Å². The highest BCUT2D eigenvalue weighted by atomic mass is 16.5. The number of ether oxygens (including phenoxy) is 1. The van der Waals surface area contributed by atoms with Gasteiger partial charge in [-0.1, -0.05) is 18.2 Å². The van der Waals surface area contributed by atoms with Crippen LogP contribution >= 0.6 is 0 Å². The van der Waals surface area contributed by atoms with E-state index in [1.54, 1.807) is 23.9 Å². The van der Waals surface area contributed by atoms with Gasteiger partial charge in [-0.2, -0.15) is 10.1 Å². The van der Waals surface area contributed by atoms with Gasteiger partial charge >= 0.3 is 6.09 Å². The zero-order valence-corrected chi connectivity index (χ0v) is 9.98. The second-order valence-electron chi connectivity index (χ2n) is 3.48. The molecule has 0 saturated carbocycles. The van der Waals surface area contributed by atoms with Gasteiger partial charge in [0.1, 0.15) is 0 Å². The van der Waals surface area contributed by atoms with Gasteiger partial charge in [-0.25, -0.2) is 9.48 Å². The van der Waals surface area contributed by atoms with E-state index in [2.05, 4.69) is 10.1 Å². The molecule has 1 aromatic heterocycles. The van der Waals surface area contributed by atoms with E-state index >= 15 is 0 Å². The average molecular weight is 243 g/mol. The summed E-state index contributed by atoms with van der Waals surface area (Å²) in [6.07, 6.45) is 2.66. The second-order valence-corrected chi connectivity index (χ2v) is 3.48. The highest BCUT2D eigenvalue weighted by Crippen LogP contribution is 2.02. The summed E-state index contributed by atoms with van der Waals surface area (Å²) in [6.45, 7) is 2.05. The van der Waals surface area contributed by atoms with Crippen LogP contribution in [0.2, 0.25) is 0 Å². The molecule has 1 heterocycles. The zero-order chi connectivity index (χ0) is 12.8. The second kappa shape index (κ2) is 5.77. The van der Waals surface area contributed by atoms with Crippen molar-refractivity contribution in [2.24, 2.45) is 4.99 Å². The van der Waals surface area contributed by atoms with Gasteiger partial charge in [-0.3, -0.25) is 0 Å². The molecule has 1 aromatic carbocycles. The number of carbonyl (C=O) groups is 1. The summed E-state index contributed by atoms with van der Waals surface area (Å²) in [5.41, 5.74) is 0.945. The molecular formula is C13H13N3O2. The third-order valence-corrected chi connectivity index (χ3v) is 2.21. The number of para-hydroxylation sites is 1. The Balaban J connectivity index is 2.23. The number of hydrogen-bond donors (Lipinski definition) is 0. The van der Waals surface area contributed by atoms with Crippen molar-refractivity contribution in [3.63, 3.8) is 0 Å². The number of benzene rings is 1. The molecule has 0 bridgehead atoms. The van der Waals surface area contributed by atoms with Crippen molar-refractivity contribution < 1.29 is 9.53 Å². The Labute approximate surface area is 104 Å². The number of rotatable bonds is 2. The van der Waals surface area contributed by atoms with Crippen LogP contribution in [0.1, 0.15) is 6.92 Å². The molecule has 0 fully saturated rings. The molecular weight excluding hydrogens is 230 g/mol. The molecule has 0 unspecified atom stereocenters. The van der Waals surface area contributed by atoms with Crippen molar-refractivity contribution in [3.8, 4) is 5.69 Å². The first kappa shape index (κ1) is 12.0. The van der Waals surface area contributed by atoms with Gasteiger partial charge in [-0.05, 0) is 25.1 Å². The summed E-state index contributed by atoms with van der Waals surface area (Å²) in [4.78, 5) is 14.9. The van der Waals surface area contributed by atoms with Crippen LogP contribution in [0.25, 0.3) is 5.69 Å². The van der Waals surface area contributed by atoms with E-state index in [1.807, 2.05) is 30.3 Å². The minimum Gasteiger partial charge on any atom is -0.448 e. The molecule has 2 rings (SSSR count). The first-order valence-corrected chi connectivity index (χ1v) is 5.61. The lowest BCUT2D eigenvalue weighted by Gasteiger charge is -2.03. The predicted octanol–water partition coefficient (Wildman–Crippen LogP) is 1.93. The number of hydrogen-bond acceptors (Lipinski definition) is 3. The van der Waals surface area contributed by atoms with E-state index in [1.165, 1.54) is 6.20 Å². The fourth-order valence-electron chi connectivity index (χ4n) is 1.41. The molecule has 0 aliphatic rings. The summed E-state index contributed by atoms with van der Waals surface area (Å²) >= 11 is 0. The fraction of sp³-hybridized carbons (Fsp3) is 0.154. The van der Waals surface area contributed by atoms with E-state index in [0.29, 0.717) is 12.0 Å². The third kappa shape index (κ3) is 3.04. The Kier molecular flexibility index (Phi) is 3.86. The van der Waals surface area contributed by atoms with Crippen molar-refractivity contribution in [2.45, 2.75) is 6.92 Å². The molecule has 0 atom stereocenters. The Hall–Kier alpha value is -2.43. The van der Waals surface area contributed by atoms with Crippen molar-refractivity contribution in [2.75, 3.05) is 6.61 Å². The quantitative estimate of drug-likeness (QED) is 0.809. The number of nitrogens with zero attached hydrogens (tertiary/aromatic N) is 3. The van der Waals surface area contributed by atoms with Crippen LogP contribution < -0.4 is 5.36 Å². The van der Waals surface area contributed by atoms with Crippen LogP contribution in [0.3, 0.4) is 0 Å². The molecule has 0 radical (unpaired) electrons. The Morgan fingerprint density at radius 1 is 1.33 bits per heavy atom. The third-order valence-electron chi connectivity index (χ3n) is 2.21. The lowest BCUT2D eigenvalue weighted by Crippen LogP contribution is -2.11. The highest BCUT2D eigenvalue weighted by Gasteiger charge is 1.97. The van der Waals surface area contributed by atoms with Gasteiger partial charge in [0.15, 0.2) is 0 Å². The van der Waals surface area contributed by atoms with E-state index in [-0.39, 0.29) is 0 Å². The maximum Gasteiger partial charge on any atom is 0.434 e. The summed E-state index contributed by atoms with van der Waals surface area (Å²) < 4.78 is 6.42. The van der Waals surface area contributed by atoms with Crippen LogP contribution in [0.15, 0.2) is 53.8 Å². The minimum absolute atomic E-state index is 0.312. The van der Waals surface area contributed by atoms with Gasteiger partial charge in [0.25, 0.3) is 0 Å². The maximum absolute atomic E-state index is 11.1. The van der Waals surface area contributed by atoms with Gasteiger partial charge in [0.05, 0.1) is 23.8 Å². The minimum atomic E-state index is -0.600. The predicted molar refractivity (Wildman–Crippen MR) is 66.1 cm³/mol. The monoisotopic (exact) mass is 243 g/mol. The van der Waals surface area contributed by atoms with Crippen LogP contribution in [0, 0.1) is 0 Å². The van der Waals surface area contributed by atoms with Gasteiger partial charge in [0, 0.05) is 6.20 Å². The normalized spacial score (nSPS) is 11.3. The number of aromatic nitrogens is 2. The van der Waals surface area contributed by atoms with Gasteiger partial charge in [0.2, 0.25) is 0 Å². The molecule has 0 saturated heterocycles. The number of amides is 1. The standard InChI is InChI=1S/C13H13N3O2/c1-2-18-13(17)15-11-8-9-16(14-10-11)12-6-4-3-5-7-12/h3-10H,2H2,1H3. The van der Waals surface area contributed by atoms with E-state index in [9.17, 15) is 4.79 Å². The lowest BCUT2D eigenvalue weighted by molar-refractivity contribution is 0.162. The topological polar surface area (TPSA) is 56.5 Å². The lowest BCUT2D eigenvalue weighted by atomic mass is 10.3. The number of carbonyl (C=O) groups excluding carboxylic acids is 1. The smallest absolute Gasteiger partial charge is 0.434 e. The molecule has 0 spiro atoms. The molecule has 0 N–H and O–H groups in total. The Morgan fingerprint density at radius 3 is 2.72 bits per heavy atom. The van der Waals surface area contributed by atoms with Crippen molar-refractivity contribution in [1.29, 1.82) is 0 Å². The van der Waals surface area contributed by atoms with Crippen LogP contribution in [0.5, 0.6) is 0 Å². The van der Waals surface area contributed by atoms with Crippen molar-refractivity contribution >= 4 is 6.09 Å². The van der Waals surface area contributed by atoms with E-state index in [4.69, 9.17) is 4.74 Å². The molecule has 5 heteroatoms. The molecule has 92 valence electrons. The van der Waals surface area contributed by atoms with Crippen molar-refractivity contribution in [1.82, 2.24) is 9.78 Å². The highest BCUT2D eigenvalue weighted by molar-refractivity contribution is 5.68. The molecule has 2 aromatic rings. The van der Waals surface area contributed by atoms with Crippen molar-refractivity contribution in [3.05, 3.63) is 54.1 Å².